The van der Waals surface area contributed by atoms with Gasteiger partial charge in [-0.15, -0.1) is 0 Å². The maximum Gasteiger partial charge on any atom is 0.255 e. The van der Waals surface area contributed by atoms with Gasteiger partial charge in [-0.25, -0.2) is 12.7 Å². The third-order valence-corrected chi connectivity index (χ3v) is 8.11. The number of fused-ring (bicyclic) bond motifs is 1. The summed E-state index contributed by atoms with van der Waals surface area (Å²) < 4.78 is 26.1. The van der Waals surface area contributed by atoms with E-state index in [0.717, 1.165) is 23.6 Å². The molecule has 2 saturated carbocycles. The van der Waals surface area contributed by atoms with Crippen molar-refractivity contribution in [1.82, 2.24) is 9.79 Å². The molecule has 3 rings (SSSR count). The minimum Gasteiger partial charge on any atom is -0.316 e. The number of hydrogen-bond acceptors (Lipinski definition) is 5. The summed E-state index contributed by atoms with van der Waals surface area (Å²) in [7, 11) is -3.58. The van der Waals surface area contributed by atoms with Crippen molar-refractivity contribution in [3.8, 4) is 0 Å². The van der Waals surface area contributed by atoms with E-state index in [1.165, 1.54) is 6.92 Å². The monoisotopic (exact) mass is 302 g/mol. The summed E-state index contributed by atoms with van der Waals surface area (Å²) in [5.41, 5.74) is 1.52. The molecule has 1 spiro atoms. The second-order valence-corrected chi connectivity index (χ2v) is 8.95. The van der Waals surface area contributed by atoms with Gasteiger partial charge in [0.2, 0.25) is 10.0 Å². The number of sulfonamides is 1. The molecule has 6 nitrogen and oxygen atoms in total. The highest BCUT2D eigenvalue weighted by Crippen LogP contribution is 2.69. The van der Waals surface area contributed by atoms with Gasteiger partial charge in [-0.2, -0.15) is 5.48 Å². The lowest BCUT2D eigenvalue weighted by Crippen LogP contribution is -2.50. The molecule has 2 aliphatic carbocycles. The van der Waals surface area contributed by atoms with Gasteiger partial charge in [0, 0.05) is 5.41 Å². The van der Waals surface area contributed by atoms with Crippen LogP contribution in [0.5, 0.6) is 0 Å². The van der Waals surface area contributed by atoms with Crippen molar-refractivity contribution in [3.63, 3.8) is 0 Å². The normalized spacial score (nSPS) is 41.7. The van der Waals surface area contributed by atoms with Gasteiger partial charge in [-0.1, -0.05) is 13.8 Å². The minimum absolute atomic E-state index is 0.0460. The number of hydroxylamine groups is 1. The largest absolute Gasteiger partial charge is 0.316 e. The van der Waals surface area contributed by atoms with E-state index in [2.05, 4.69) is 13.8 Å². The van der Waals surface area contributed by atoms with Crippen molar-refractivity contribution >= 4 is 15.9 Å². The number of nitrogens with zero attached hydrogens (tertiary/aromatic N) is 1. The zero-order valence-electron chi connectivity index (χ0n) is 12.1. The summed E-state index contributed by atoms with van der Waals surface area (Å²) in [6, 6.07) is -1.13. The average Bonchev–Trinajstić information content (AvgIpc) is 2.83. The van der Waals surface area contributed by atoms with Crippen molar-refractivity contribution < 1.29 is 18.4 Å². The van der Waals surface area contributed by atoms with Gasteiger partial charge >= 0.3 is 0 Å². The lowest BCUT2D eigenvalue weighted by molar-refractivity contribution is -0.133. The second-order valence-electron chi connectivity index (χ2n) is 7.11. The van der Waals surface area contributed by atoms with Crippen molar-refractivity contribution in [3.05, 3.63) is 0 Å². The Morgan fingerprint density at radius 3 is 2.65 bits per heavy atom. The van der Waals surface area contributed by atoms with Crippen LogP contribution in [0, 0.1) is 16.7 Å². The van der Waals surface area contributed by atoms with Gasteiger partial charge in [-0.05, 0) is 37.5 Å². The first-order valence-electron chi connectivity index (χ1n) is 7.13. The van der Waals surface area contributed by atoms with E-state index >= 15 is 0 Å². The lowest BCUT2D eigenvalue weighted by Gasteiger charge is -2.37. The van der Waals surface area contributed by atoms with E-state index in [0.29, 0.717) is 5.92 Å². The Balaban J connectivity index is 2.05. The molecule has 3 fully saturated rings. The van der Waals surface area contributed by atoms with E-state index in [1.54, 1.807) is 0 Å². The number of rotatable bonds is 2. The molecular weight excluding hydrogens is 280 g/mol. The summed E-state index contributed by atoms with van der Waals surface area (Å²) in [5, 5.41) is 8.92. The third-order valence-electron chi connectivity index (χ3n) is 6.19. The van der Waals surface area contributed by atoms with E-state index < -0.39 is 22.0 Å². The lowest BCUT2D eigenvalue weighted by atomic mass is 9.69. The van der Waals surface area contributed by atoms with Crippen LogP contribution < -0.4 is 5.48 Å². The summed E-state index contributed by atoms with van der Waals surface area (Å²) in [5.74, 6) is 0.00586. The summed E-state index contributed by atoms with van der Waals surface area (Å²) >= 11 is 0. The van der Waals surface area contributed by atoms with Gasteiger partial charge in [0.15, 0.2) is 0 Å². The first-order chi connectivity index (χ1) is 9.17. The molecule has 1 saturated heterocycles. The van der Waals surface area contributed by atoms with Crippen LogP contribution in [-0.4, -0.2) is 41.7 Å². The predicted octanol–water partition coefficient (Wildman–Crippen LogP) is 0.721. The van der Waals surface area contributed by atoms with Crippen molar-refractivity contribution in [2.24, 2.45) is 16.7 Å². The van der Waals surface area contributed by atoms with Gasteiger partial charge in [0.25, 0.3) is 5.91 Å². The fourth-order valence-electron chi connectivity index (χ4n) is 4.83. The number of carbonyl (C=O) groups excluding carboxylic acids is 1. The second kappa shape index (κ2) is 3.96. The zero-order valence-corrected chi connectivity index (χ0v) is 12.9. The van der Waals surface area contributed by atoms with Crippen LogP contribution in [0.1, 0.15) is 40.0 Å². The number of carbonyl (C=O) groups is 1. The molecule has 0 aromatic heterocycles. The van der Waals surface area contributed by atoms with Crippen LogP contribution in [-0.2, 0) is 14.8 Å². The Kier molecular flexibility index (Phi) is 2.82. The highest BCUT2D eigenvalue weighted by molar-refractivity contribution is 7.90. The van der Waals surface area contributed by atoms with Gasteiger partial charge in [0.1, 0.15) is 6.04 Å². The van der Waals surface area contributed by atoms with Crippen molar-refractivity contribution in [2.45, 2.75) is 52.1 Å². The Bertz CT molecular complexity index is 559. The van der Waals surface area contributed by atoms with Crippen LogP contribution in [0.4, 0.5) is 0 Å². The Hall–Kier alpha value is -0.660. The Labute approximate surface area is 119 Å². The Morgan fingerprint density at radius 2 is 2.10 bits per heavy atom. The number of amides is 1. The molecule has 0 aromatic carbocycles. The van der Waals surface area contributed by atoms with Crippen LogP contribution in [0.25, 0.3) is 0 Å². The van der Waals surface area contributed by atoms with E-state index in [9.17, 15) is 13.2 Å². The summed E-state index contributed by atoms with van der Waals surface area (Å²) in [4.78, 5) is 12.3. The third kappa shape index (κ3) is 1.46. The highest BCUT2D eigenvalue weighted by Gasteiger charge is 2.72. The summed E-state index contributed by atoms with van der Waals surface area (Å²) in [6.45, 7) is 5.75. The standard InChI is InChI=1S/C13H22N2O4S/c1-8(14-17)11(16)15-10-6-9-4-5-13(10,12(9,2)3)7-20(15,18)19/h8-10,14,17H,4-7H2,1-3H3/t8-,9-,10-,13-/m1/s1. The maximum absolute atomic E-state index is 12.5. The van der Waals surface area contributed by atoms with Crippen LogP contribution in [0.3, 0.4) is 0 Å². The molecule has 2 bridgehead atoms. The molecule has 2 N–H and O–H groups in total. The van der Waals surface area contributed by atoms with Gasteiger partial charge in [0.05, 0.1) is 11.8 Å². The fourth-order valence-corrected chi connectivity index (χ4v) is 7.43. The van der Waals surface area contributed by atoms with Crippen LogP contribution >= 0.6 is 0 Å². The maximum atomic E-state index is 12.5. The molecule has 1 aliphatic heterocycles. The molecule has 0 radical (unpaired) electrons. The highest BCUT2D eigenvalue weighted by atomic mass is 32.2. The number of hydrogen-bond donors (Lipinski definition) is 2. The Morgan fingerprint density at radius 1 is 1.45 bits per heavy atom. The average molecular weight is 302 g/mol. The van der Waals surface area contributed by atoms with Gasteiger partial charge in [-0.3, -0.25) is 4.79 Å². The summed E-state index contributed by atoms with van der Waals surface area (Å²) in [6.07, 6.45) is 2.68. The molecule has 114 valence electrons. The van der Waals surface area contributed by atoms with Crippen LogP contribution in [0.2, 0.25) is 0 Å². The minimum atomic E-state index is -3.58. The topological polar surface area (TPSA) is 86.7 Å². The molecule has 7 heteroatoms. The molecule has 20 heavy (non-hydrogen) atoms. The molecule has 4 atom stereocenters. The first-order valence-corrected chi connectivity index (χ1v) is 8.74. The van der Waals surface area contributed by atoms with Gasteiger partial charge < -0.3 is 5.21 Å². The predicted molar refractivity (Wildman–Crippen MR) is 72.4 cm³/mol. The zero-order chi connectivity index (χ0) is 14.9. The molecule has 3 aliphatic rings. The molecule has 0 unspecified atom stereocenters. The molecule has 1 heterocycles. The molecule has 1 amide bonds. The van der Waals surface area contributed by atoms with Crippen molar-refractivity contribution in [1.29, 1.82) is 0 Å². The quantitative estimate of drug-likeness (QED) is 0.734. The SMILES string of the molecule is C[C@@H](NO)C(=O)N1[C@@H]2C[C@H]3CC[C@]2(CS1(=O)=O)C3(C)C. The van der Waals surface area contributed by atoms with E-state index in [4.69, 9.17) is 5.21 Å². The van der Waals surface area contributed by atoms with Crippen LogP contribution in [0.15, 0.2) is 0 Å². The van der Waals surface area contributed by atoms with Crippen molar-refractivity contribution in [2.75, 3.05) is 5.75 Å². The van der Waals surface area contributed by atoms with E-state index in [-0.39, 0.29) is 22.6 Å². The number of nitrogens with one attached hydrogen (secondary N) is 1. The van der Waals surface area contributed by atoms with E-state index in [1.807, 2.05) is 5.48 Å². The first kappa shape index (κ1) is 14.3. The molecular formula is C13H22N2O4S. The smallest absolute Gasteiger partial charge is 0.255 e. The fraction of sp³-hybridized carbons (Fsp3) is 0.923. The molecule has 0 aromatic rings.